The minimum absolute atomic E-state index is 0.124. The third-order valence-corrected chi connectivity index (χ3v) is 2.46. The average Bonchev–Trinajstić information content (AvgIpc) is 2.61. The minimum atomic E-state index is 0.124. The van der Waals surface area contributed by atoms with E-state index in [1.54, 1.807) is 11.1 Å². The number of aromatic nitrogens is 1. The molecule has 2 heterocycles. The van der Waals surface area contributed by atoms with Crippen LogP contribution in [0.5, 0.6) is 0 Å². The lowest BCUT2D eigenvalue weighted by atomic mass is 10.1. The Balaban J connectivity index is 2.17. The van der Waals surface area contributed by atoms with Gasteiger partial charge in [0.05, 0.1) is 0 Å². The maximum Gasteiger partial charge on any atom is 0.228 e. The molecule has 1 aromatic rings. The van der Waals surface area contributed by atoms with E-state index in [1.165, 1.54) is 0 Å². The molecule has 1 aliphatic rings. The monoisotopic (exact) mass is 191 g/mol. The molecule has 0 aromatic carbocycles. The Morgan fingerprint density at radius 3 is 3.00 bits per heavy atom. The summed E-state index contributed by atoms with van der Waals surface area (Å²) in [7, 11) is 0. The zero-order valence-electron chi connectivity index (χ0n) is 7.89. The Kier molecular flexibility index (Phi) is 2.45. The molecule has 1 amide bonds. The Bertz CT molecular complexity index is 325. The molecule has 14 heavy (non-hydrogen) atoms. The van der Waals surface area contributed by atoms with Gasteiger partial charge in [0.15, 0.2) is 0 Å². The molecular weight excluding hydrogens is 178 g/mol. The SMILES string of the molecule is NCC1CC(=O)N(c2ccccn2)C1. The van der Waals surface area contributed by atoms with Gasteiger partial charge in [0, 0.05) is 19.2 Å². The third-order valence-electron chi connectivity index (χ3n) is 2.46. The van der Waals surface area contributed by atoms with E-state index in [0.29, 0.717) is 19.5 Å². The third kappa shape index (κ3) is 1.61. The number of amides is 1. The Morgan fingerprint density at radius 1 is 1.57 bits per heavy atom. The second-order valence-electron chi connectivity index (χ2n) is 3.50. The number of pyridine rings is 1. The van der Waals surface area contributed by atoms with Crippen molar-refractivity contribution in [2.24, 2.45) is 11.7 Å². The fourth-order valence-corrected chi connectivity index (χ4v) is 1.67. The van der Waals surface area contributed by atoms with Gasteiger partial charge < -0.3 is 5.73 Å². The number of nitrogens with zero attached hydrogens (tertiary/aromatic N) is 2. The molecule has 74 valence electrons. The van der Waals surface area contributed by atoms with Crippen LogP contribution >= 0.6 is 0 Å². The summed E-state index contributed by atoms with van der Waals surface area (Å²) in [5.74, 6) is 1.14. The van der Waals surface area contributed by atoms with Crippen molar-refractivity contribution in [3.63, 3.8) is 0 Å². The van der Waals surface area contributed by atoms with Crippen molar-refractivity contribution < 1.29 is 4.79 Å². The molecule has 1 saturated heterocycles. The summed E-state index contributed by atoms with van der Waals surface area (Å²) in [5, 5.41) is 0. The summed E-state index contributed by atoms with van der Waals surface area (Å²) >= 11 is 0. The molecule has 2 N–H and O–H groups in total. The van der Waals surface area contributed by atoms with E-state index in [0.717, 1.165) is 5.82 Å². The van der Waals surface area contributed by atoms with E-state index in [2.05, 4.69) is 4.98 Å². The van der Waals surface area contributed by atoms with Crippen molar-refractivity contribution in [2.75, 3.05) is 18.0 Å². The van der Waals surface area contributed by atoms with E-state index < -0.39 is 0 Å². The lowest BCUT2D eigenvalue weighted by Crippen LogP contribution is -2.26. The second kappa shape index (κ2) is 3.75. The Labute approximate surface area is 82.7 Å². The number of anilines is 1. The normalized spacial score (nSPS) is 21.6. The van der Waals surface area contributed by atoms with Gasteiger partial charge in [0.1, 0.15) is 5.82 Å². The lowest BCUT2D eigenvalue weighted by molar-refractivity contribution is -0.117. The summed E-state index contributed by atoms with van der Waals surface area (Å²) in [6.07, 6.45) is 2.24. The molecule has 4 nitrogen and oxygen atoms in total. The number of carbonyl (C=O) groups excluding carboxylic acids is 1. The molecule has 0 radical (unpaired) electrons. The van der Waals surface area contributed by atoms with Crippen molar-refractivity contribution in [3.8, 4) is 0 Å². The van der Waals surface area contributed by atoms with Crippen LogP contribution in [0.2, 0.25) is 0 Å². The van der Waals surface area contributed by atoms with Gasteiger partial charge in [-0.05, 0) is 24.6 Å². The molecule has 1 unspecified atom stereocenters. The van der Waals surface area contributed by atoms with Crippen molar-refractivity contribution in [1.29, 1.82) is 0 Å². The van der Waals surface area contributed by atoms with E-state index in [-0.39, 0.29) is 11.8 Å². The number of nitrogens with two attached hydrogens (primary N) is 1. The van der Waals surface area contributed by atoms with Gasteiger partial charge in [-0.3, -0.25) is 9.69 Å². The quantitative estimate of drug-likeness (QED) is 0.735. The standard InChI is InChI=1S/C10H13N3O/c11-6-8-5-10(14)13(7-8)9-3-1-2-4-12-9/h1-4,8H,5-7,11H2. The van der Waals surface area contributed by atoms with Gasteiger partial charge in [0.25, 0.3) is 0 Å². The number of carbonyl (C=O) groups is 1. The first-order chi connectivity index (χ1) is 6.81. The van der Waals surface area contributed by atoms with Crippen LogP contribution in [0, 0.1) is 5.92 Å². The molecule has 0 saturated carbocycles. The van der Waals surface area contributed by atoms with Gasteiger partial charge in [-0.25, -0.2) is 4.98 Å². The molecule has 4 heteroatoms. The van der Waals surface area contributed by atoms with Gasteiger partial charge in [-0.1, -0.05) is 6.07 Å². The molecule has 2 rings (SSSR count). The van der Waals surface area contributed by atoms with Gasteiger partial charge in [-0.15, -0.1) is 0 Å². The van der Waals surface area contributed by atoms with Gasteiger partial charge in [-0.2, -0.15) is 0 Å². The predicted octanol–water partition coefficient (Wildman–Crippen LogP) is 0.393. The van der Waals surface area contributed by atoms with Crippen LogP contribution in [0.1, 0.15) is 6.42 Å². The van der Waals surface area contributed by atoms with Gasteiger partial charge in [0.2, 0.25) is 5.91 Å². The Morgan fingerprint density at radius 2 is 2.43 bits per heavy atom. The van der Waals surface area contributed by atoms with Crippen LogP contribution in [0.15, 0.2) is 24.4 Å². The average molecular weight is 191 g/mol. The van der Waals surface area contributed by atoms with Crippen LogP contribution in [-0.4, -0.2) is 24.0 Å². The maximum atomic E-state index is 11.6. The largest absolute Gasteiger partial charge is 0.330 e. The fourth-order valence-electron chi connectivity index (χ4n) is 1.67. The van der Waals surface area contributed by atoms with E-state index >= 15 is 0 Å². The van der Waals surface area contributed by atoms with Crippen LogP contribution in [-0.2, 0) is 4.79 Å². The van der Waals surface area contributed by atoms with Crippen LogP contribution in [0.3, 0.4) is 0 Å². The van der Waals surface area contributed by atoms with Crippen molar-refractivity contribution in [3.05, 3.63) is 24.4 Å². The zero-order chi connectivity index (χ0) is 9.97. The fraction of sp³-hybridized carbons (Fsp3) is 0.400. The molecule has 0 bridgehead atoms. The number of hydrogen-bond donors (Lipinski definition) is 1. The second-order valence-corrected chi connectivity index (χ2v) is 3.50. The van der Waals surface area contributed by atoms with Crippen molar-refractivity contribution in [1.82, 2.24) is 4.98 Å². The molecule has 0 spiro atoms. The smallest absolute Gasteiger partial charge is 0.228 e. The first-order valence-corrected chi connectivity index (χ1v) is 4.72. The highest BCUT2D eigenvalue weighted by atomic mass is 16.2. The maximum absolute atomic E-state index is 11.6. The van der Waals surface area contributed by atoms with Crippen molar-refractivity contribution >= 4 is 11.7 Å². The van der Waals surface area contributed by atoms with Gasteiger partial charge >= 0.3 is 0 Å². The molecule has 1 atom stereocenters. The molecule has 1 fully saturated rings. The first-order valence-electron chi connectivity index (χ1n) is 4.72. The highest BCUT2D eigenvalue weighted by molar-refractivity contribution is 5.94. The Hall–Kier alpha value is -1.42. The highest BCUT2D eigenvalue weighted by Crippen LogP contribution is 2.21. The van der Waals surface area contributed by atoms with Crippen molar-refractivity contribution in [2.45, 2.75) is 6.42 Å². The summed E-state index contributed by atoms with van der Waals surface area (Å²) in [6.45, 7) is 1.27. The number of rotatable bonds is 2. The lowest BCUT2D eigenvalue weighted by Gasteiger charge is -2.14. The molecule has 1 aliphatic heterocycles. The predicted molar refractivity (Wildman–Crippen MR) is 53.8 cm³/mol. The highest BCUT2D eigenvalue weighted by Gasteiger charge is 2.29. The topological polar surface area (TPSA) is 59.2 Å². The molecular formula is C10H13N3O. The molecule has 1 aromatic heterocycles. The van der Waals surface area contributed by atoms with Crippen LogP contribution in [0.25, 0.3) is 0 Å². The van der Waals surface area contributed by atoms with E-state index in [1.807, 2.05) is 18.2 Å². The summed E-state index contributed by atoms with van der Waals surface area (Å²) < 4.78 is 0. The summed E-state index contributed by atoms with van der Waals surface area (Å²) in [4.78, 5) is 17.4. The molecule has 0 aliphatic carbocycles. The minimum Gasteiger partial charge on any atom is -0.330 e. The van der Waals surface area contributed by atoms with E-state index in [9.17, 15) is 4.79 Å². The zero-order valence-corrected chi connectivity index (χ0v) is 7.89. The first kappa shape index (κ1) is 9.15. The van der Waals surface area contributed by atoms with E-state index in [4.69, 9.17) is 5.73 Å². The summed E-state index contributed by atoms with van der Waals surface area (Å²) in [5.41, 5.74) is 5.54. The number of hydrogen-bond acceptors (Lipinski definition) is 3. The van der Waals surface area contributed by atoms with Crippen LogP contribution in [0.4, 0.5) is 5.82 Å². The summed E-state index contributed by atoms with van der Waals surface area (Å²) in [6, 6.07) is 5.56. The van der Waals surface area contributed by atoms with Crippen LogP contribution < -0.4 is 10.6 Å².